The van der Waals surface area contributed by atoms with Gasteiger partial charge in [-0.3, -0.25) is 4.79 Å². The number of carboxylic acids is 1. The Labute approximate surface area is 123 Å². The summed E-state index contributed by atoms with van der Waals surface area (Å²) in [6.45, 7) is 1.71. The standard InChI is InChI=1S/C13H19NO6S/c1-4-9(7-13(15)16)14-21(17,18)10-5-6-11(19-2)12(8-10)20-3/h5-6,8-9,14H,4,7H2,1-3H3,(H,15,16). The lowest BCUT2D eigenvalue weighted by Crippen LogP contribution is -2.36. The van der Waals surface area contributed by atoms with Gasteiger partial charge in [0.05, 0.1) is 25.5 Å². The van der Waals surface area contributed by atoms with Crippen LogP contribution < -0.4 is 14.2 Å². The van der Waals surface area contributed by atoms with Crippen LogP contribution in [0.5, 0.6) is 11.5 Å². The highest BCUT2D eigenvalue weighted by atomic mass is 32.2. The van der Waals surface area contributed by atoms with Crippen LogP contribution in [0.4, 0.5) is 0 Å². The third-order valence-corrected chi connectivity index (χ3v) is 4.42. The van der Waals surface area contributed by atoms with Crippen molar-refractivity contribution >= 4 is 16.0 Å². The van der Waals surface area contributed by atoms with E-state index in [2.05, 4.69) is 4.72 Å². The van der Waals surface area contributed by atoms with E-state index in [1.54, 1.807) is 6.92 Å². The van der Waals surface area contributed by atoms with Crippen LogP contribution in [0.25, 0.3) is 0 Å². The van der Waals surface area contributed by atoms with E-state index in [-0.39, 0.29) is 17.1 Å². The summed E-state index contributed by atoms with van der Waals surface area (Å²) in [6.07, 6.45) is 0.0990. The molecule has 0 aliphatic rings. The van der Waals surface area contributed by atoms with Crippen LogP contribution in [-0.4, -0.2) is 39.8 Å². The minimum atomic E-state index is -3.82. The Kier molecular flexibility index (Phi) is 5.98. The van der Waals surface area contributed by atoms with Crippen LogP contribution in [0, 0.1) is 0 Å². The van der Waals surface area contributed by atoms with Crippen molar-refractivity contribution in [3.8, 4) is 11.5 Å². The summed E-state index contributed by atoms with van der Waals surface area (Å²) in [5.74, 6) is -0.363. The minimum absolute atomic E-state index is 0.0102. The molecule has 0 radical (unpaired) electrons. The molecule has 1 rings (SSSR count). The molecule has 0 saturated heterocycles. The number of carboxylic acid groups (broad SMARTS) is 1. The van der Waals surface area contributed by atoms with Gasteiger partial charge in [0, 0.05) is 12.1 Å². The van der Waals surface area contributed by atoms with Gasteiger partial charge in [-0.1, -0.05) is 6.92 Å². The molecule has 1 atom stereocenters. The molecule has 8 heteroatoms. The number of nitrogens with one attached hydrogen (secondary N) is 1. The first-order valence-corrected chi connectivity index (χ1v) is 7.78. The highest BCUT2D eigenvalue weighted by Gasteiger charge is 2.22. The zero-order chi connectivity index (χ0) is 16.0. The number of aliphatic carboxylic acids is 1. The molecule has 0 aliphatic carbocycles. The molecule has 0 saturated carbocycles. The molecule has 0 aromatic heterocycles. The van der Waals surface area contributed by atoms with Gasteiger partial charge in [-0.2, -0.15) is 0 Å². The molecule has 0 aliphatic heterocycles. The second kappa shape index (κ2) is 7.28. The zero-order valence-corrected chi connectivity index (χ0v) is 12.9. The molecule has 118 valence electrons. The Morgan fingerprint density at radius 2 is 1.90 bits per heavy atom. The van der Waals surface area contributed by atoms with E-state index < -0.39 is 22.0 Å². The molecular weight excluding hydrogens is 298 g/mol. The van der Waals surface area contributed by atoms with E-state index in [0.717, 1.165) is 0 Å². The fourth-order valence-corrected chi connectivity index (χ4v) is 3.09. The average Bonchev–Trinajstić information content (AvgIpc) is 2.44. The van der Waals surface area contributed by atoms with Crippen LogP contribution in [0.1, 0.15) is 19.8 Å². The molecule has 1 unspecified atom stereocenters. The lowest BCUT2D eigenvalue weighted by atomic mass is 10.2. The third kappa shape index (κ3) is 4.61. The monoisotopic (exact) mass is 317 g/mol. The Morgan fingerprint density at radius 1 is 1.29 bits per heavy atom. The maximum absolute atomic E-state index is 12.3. The number of hydrogen-bond acceptors (Lipinski definition) is 5. The Hall–Kier alpha value is -1.80. The first kappa shape index (κ1) is 17.3. The van der Waals surface area contributed by atoms with Crippen molar-refractivity contribution in [1.82, 2.24) is 4.72 Å². The summed E-state index contributed by atoms with van der Waals surface area (Å²) < 4.78 is 37.0. The topological polar surface area (TPSA) is 102 Å². The lowest BCUT2D eigenvalue weighted by Gasteiger charge is -2.16. The van der Waals surface area contributed by atoms with E-state index >= 15 is 0 Å². The SMILES string of the molecule is CCC(CC(=O)O)NS(=O)(=O)c1ccc(OC)c(OC)c1. The summed E-state index contributed by atoms with van der Waals surface area (Å²) in [4.78, 5) is 10.7. The molecule has 0 heterocycles. The average molecular weight is 317 g/mol. The number of carbonyl (C=O) groups is 1. The summed E-state index contributed by atoms with van der Waals surface area (Å²) in [5, 5.41) is 8.76. The van der Waals surface area contributed by atoms with E-state index in [4.69, 9.17) is 14.6 Å². The van der Waals surface area contributed by atoms with E-state index in [1.807, 2.05) is 0 Å². The molecule has 0 amide bonds. The summed E-state index contributed by atoms with van der Waals surface area (Å²) in [7, 11) is -0.971. The van der Waals surface area contributed by atoms with Gasteiger partial charge >= 0.3 is 5.97 Å². The van der Waals surface area contributed by atoms with Crippen molar-refractivity contribution in [3.05, 3.63) is 18.2 Å². The number of ether oxygens (including phenoxy) is 2. The van der Waals surface area contributed by atoms with Crippen molar-refractivity contribution in [2.45, 2.75) is 30.7 Å². The first-order valence-electron chi connectivity index (χ1n) is 6.30. The fourth-order valence-electron chi connectivity index (χ4n) is 1.75. The van der Waals surface area contributed by atoms with Crippen LogP contribution in [0.2, 0.25) is 0 Å². The quantitative estimate of drug-likeness (QED) is 0.748. The summed E-state index contributed by atoms with van der Waals surface area (Å²) in [5.41, 5.74) is 0. The third-order valence-electron chi connectivity index (χ3n) is 2.90. The van der Waals surface area contributed by atoms with Gasteiger partial charge in [-0.15, -0.1) is 0 Å². The van der Waals surface area contributed by atoms with Gasteiger partial charge in [0.1, 0.15) is 0 Å². The largest absolute Gasteiger partial charge is 0.493 e. The van der Waals surface area contributed by atoms with Gasteiger partial charge in [0.15, 0.2) is 11.5 Å². The molecule has 1 aromatic rings. The number of rotatable bonds is 8. The molecule has 21 heavy (non-hydrogen) atoms. The predicted molar refractivity (Wildman–Crippen MR) is 76.2 cm³/mol. The fraction of sp³-hybridized carbons (Fsp3) is 0.462. The van der Waals surface area contributed by atoms with Gasteiger partial charge in [-0.05, 0) is 18.6 Å². The Bertz CT molecular complexity index is 599. The van der Waals surface area contributed by atoms with Crippen molar-refractivity contribution in [3.63, 3.8) is 0 Å². The summed E-state index contributed by atoms with van der Waals surface area (Å²) in [6, 6.07) is 3.51. The van der Waals surface area contributed by atoms with Gasteiger partial charge in [0.25, 0.3) is 0 Å². The maximum atomic E-state index is 12.3. The van der Waals surface area contributed by atoms with Crippen LogP contribution in [0.15, 0.2) is 23.1 Å². The molecule has 0 bridgehead atoms. The first-order chi connectivity index (χ1) is 9.83. The zero-order valence-electron chi connectivity index (χ0n) is 12.1. The van der Waals surface area contributed by atoms with Crippen LogP contribution in [0.3, 0.4) is 0 Å². The van der Waals surface area contributed by atoms with Gasteiger partial charge in [0.2, 0.25) is 10.0 Å². The van der Waals surface area contributed by atoms with Crippen molar-refractivity contribution in [1.29, 1.82) is 0 Å². The lowest BCUT2D eigenvalue weighted by molar-refractivity contribution is -0.137. The highest BCUT2D eigenvalue weighted by Crippen LogP contribution is 2.29. The van der Waals surface area contributed by atoms with Crippen molar-refractivity contribution < 1.29 is 27.8 Å². The molecular formula is C13H19NO6S. The Balaban J connectivity index is 3.04. The van der Waals surface area contributed by atoms with Crippen molar-refractivity contribution in [2.24, 2.45) is 0 Å². The van der Waals surface area contributed by atoms with Crippen LogP contribution >= 0.6 is 0 Å². The molecule has 7 nitrogen and oxygen atoms in total. The van der Waals surface area contributed by atoms with Gasteiger partial charge in [-0.25, -0.2) is 13.1 Å². The van der Waals surface area contributed by atoms with E-state index in [1.165, 1.54) is 32.4 Å². The Morgan fingerprint density at radius 3 is 2.38 bits per heavy atom. The smallest absolute Gasteiger partial charge is 0.304 e. The highest BCUT2D eigenvalue weighted by molar-refractivity contribution is 7.89. The van der Waals surface area contributed by atoms with Crippen LogP contribution in [-0.2, 0) is 14.8 Å². The predicted octanol–water partition coefficient (Wildman–Crippen LogP) is 1.24. The normalized spacial score (nSPS) is 12.7. The summed E-state index contributed by atoms with van der Waals surface area (Å²) >= 11 is 0. The molecule has 0 spiro atoms. The molecule has 2 N–H and O–H groups in total. The molecule has 1 aromatic carbocycles. The van der Waals surface area contributed by atoms with E-state index in [0.29, 0.717) is 12.2 Å². The van der Waals surface area contributed by atoms with Gasteiger partial charge < -0.3 is 14.6 Å². The minimum Gasteiger partial charge on any atom is -0.493 e. The number of sulfonamides is 1. The second-order valence-electron chi connectivity index (χ2n) is 4.34. The second-order valence-corrected chi connectivity index (χ2v) is 6.06. The number of hydrogen-bond donors (Lipinski definition) is 2. The molecule has 0 fully saturated rings. The van der Waals surface area contributed by atoms with E-state index in [9.17, 15) is 13.2 Å². The maximum Gasteiger partial charge on any atom is 0.304 e. The van der Waals surface area contributed by atoms with Crippen molar-refractivity contribution in [2.75, 3.05) is 14.2 Å². The number of benzene rings is 1. The number of methoxy groups -OCH3 is 2.